The largest absolute Gasteiger partial charge is 0.444 e. The Kier molecular flexibility index (Phi) is 7.64. The molecule has 7 rings (SSSR count). The van der Waals surface area contributed by atoms with Crippen LogP contribution in [0.2, 0.25) is 0 Å². The van der Waals surface area contributed by atoms with Crippen LogP contribution in [0.15, 0.2) is 53.0 Å². The summed E-state index contributed by atoms with van der Waals surface area (Å²) in [5.41, 5.74) is 2.60. The van der Waals surface area contributed by atoms with E-state index in [2.05, 4.69) is 36.7 Å². The molecule has 1 aliphatic carbocycles. The van der Waals surface area contributed by atoms with E-state index in [4.69, 9.17) is 9.72 Å². The predicted octanol–water partition coefficient (Wildman–Crippen LogP) is 6.77. The van der Waals surface area contributed by atoms with Crippen molar-refractivity contribution in [2.24, 2.45) is 9.78 Å². The third-order valence-corrected chi connectivity index (χ3v) is 9.55. The second kappa shape index (κ2) is 11.5. The maximum absolute atomic E-state index is 15.8. The summed E-state index contributed by atoms with van der Waals surface area (Å²) in [5, 5.41) is 3.61. The fourth-order valence-electron chi connectivity index (χ4n) is 6.53. The molecule has 2 saturated heterocycles. The number of piperidine rings is 1. The number of halogens is 1. The van der Waals surface area contributed by atoms with Crippen LogP contribution in [0.5, 0.6) is 0 Å². The fraction of sp³-hybridized carbons (Fsp3) is 0.471. The number of likely N-dealkylation sites (tertiary alicyclic amines) is 1. The Balaban J connectivity index is 1.06. The first-order valence-corrected chi connectivity index (χ1v) is 18.4. The molecule has 4 aromatic rings. The van der Waals surface area contributed by atoms with Gasteiger partial charge in [-0.05, 0) is 82.9 Å². The highest BCUT2D eigenvalue weighted by molar-refractivity contribution is 7.92. The topological polar surface area (TPSA) is 118 Å². The summed E-state index contributed by atoms with van der Waals surface area (Å²) in [5.74, 6) is 0.891. The Morgan fingerprint density at radius 2 is 1.77 bits per heavy atom. The van der Waals surface area contributed by atoms with Gasteiger partial charge in [-0.2, -0.15) is 9.35 Å². The molecule has 11 nitrogen and oxygen atoms in total. The second-order valence-electron chi connectivity index (χ2n) is 14.4. The Morgan fingerprint density at radius 1 is 1.06 bits per heavy atom. The van der Waals surface area contributed by atoms with Crippen LogP contribution in [0, 0.1) is 11.2 Å². The number of amides is 1. The highest BCUT2D eigenvalue weighted by atomic mass is 32.2. The van der Waals surface area contributed by atoms with Crippen molar-refractivity contribution in [2.75, 3.05) is 48.9 Å². The number of nitrogens with zero attached hydrogens (tertiary/aromatic N) is 7. The first-order valence-electron chi connectivity index (χ1n) is 16.1. The molecular formula is C34H41FN8O3S. The van der Waals surface area contributed by atoms with Gasteiger partial charge >= 0.3 is 6.09 Å². The van der Waals surface area contributed by atoms with E-state index in [1.54, 1.807) is 35.3 Å². The number of aromatic nitrogens is 4. The lowest BCUT2D eigenvalue weighted by atomic mass is 9.72. The highest BCUT2D eigenvalue weighted by Gasteiger charge is 2.47. The Labute approximate surface area is 274 Å². The molecule has 0 bridgehead atoms. The maximum Gasteiger partial charge on any atom is 0.410 e. The number of ether oxygens (including phenoxy) is 1. The minimum Gasteiger partial charge on any atom is -0.444 e. The average Bonchev–Trinajstić information content (AvgIpc) is 3.78. The van der Waals surface area contributed by atoms with Crippen molar-refractivity contribution in [1.82, 2.24) is 24.4 Å². The number of benzene rings is 1. The van der Waals surface area contributed by atoms with Crippen LogP contribution in [0.3, 0.4) is 0 Å². The molecule has 13 heteroatoms. The van der Waals surface area contributed by atoms with Crippen molar-refractivity contribution in [2.45, 2.75) is 58.0 Å². The van der Waals surface area contributed by atoms with E-state index in [0.717, 1.165) is 63.2 Å². The summed E-state index contributed by atoms with van der Waals surface area (Å²) >= 11 is 0. The van der Waals surface area contributed by atoms with Crippen LogP contribution in [0.25, 0.3) is 16.9 Å². The Hall–Kier alpha value is -4.26. The van der Waals surface area contributed by atoms with E-state index in [-0.39, 0.29) is 23.2 Å². The molecule has 3 aliphatic rings. The highest BCUT2D eigenvalue weighted by Crippen LogP contribution is 2.45. The van der Waals surface area contributed by atoms with Gasteiger partial charge in [-0.1, -0.05) is 6.07 Å². The van der Waals surface area contributed by atoms with Gasteiger partial charge in [-0.25, -0.2) is 23.4 Å². The summed E-state index contributed by atoms with van der Waals surface area (Å²) in [6.45, 7) is 9.05. The molecule has 1 saturated carbocycles. The Bertz CT molecular complexity index is 1950. The van der Waals surface area contributed by atoms with E-state index in [1.165, 1.54) is 6.20 Å². The van der Waals surface area contributed by atoms with Crippen molar-refractivity contribution >= 4 is 50.0 Å². The Morgan fingerprint density at radius 3 is 2.40 bits per heavy atom. The summed E-state index contributed by atoms with van der Waals surface area (Å²) in [6.07, 6.45) is 8.25. The molecule has 5 heterocycles. The van der Waals surface area contributed by atoms with Gasteiger partial charge in [-0.15, -0.1) is 0 Å². The molecule has 3 fully saturated rings. The van der Waals surface area contributed by atoms with Crippen molar-refractivity contribution in [3.8, 4) is 5.82 Å². The van der Waals surface area contributed by atoms with Gasteiger partial charge < -0.3 is 19.9 Å². The van der Waals surface area contributed by atoms with Crippen LogP contribution >= 0.6 is 0 Å². The maximum atomic E-state index is 15.8. The standard InChI is InChI=1S/C34H41FN8O3S/c1-33(2,3)46-32(44)42-20-34(21-42)15-17-41(18-16-34)24-13-11-23(12-14-24)37-31-36-19-25-28(35)29(22-9-10-22)43(30(25)39-31)27-8-6-7-26(38-27)40-47(4,5)45/h6-8,11-14,19,22H,9-10,15-18,20-21H2,1-5H3,(H,36,37,39). The van der Waals surface area contributed by atoms with Crippen molar-refractivity contribution < 1.29 is 18.1 Å². The lowest BCUT2D eigenvalue weighted by molar-refractivity contribution is -0.0434. The monoisotopic (exact) mass is 660 g/mol. The minimum absolute atomic E-state index is 0.0787. The van der Waals surface area contributed by atoms with Gasteiger partial charge in [0.05, 0.1) is 11.1 Å². The molecular weight excluding hydrogens is 619 g/mol. The SMILES string of the molecule is CC(C)(C)OC(=O)N1CC2(CCN(c3ccc(Nc4ncc5c(F)c(C6CC6)n(-c6cccc(N=S(C)(C)=O)n6)c5n4)cc3)CC2)C1. The first kappa shape index (κ1) is 31.3. The van der Waals surface area contributed by atoms with Gasteiger partial charge in [0.2, 0.25) is 5.95 Å². The molecule has 1 aromatic carbocycles. The molecule has 1 spiro atoms. The number of hydrogen-bond donors (Lipinski definition) is 1. The lowest BCUT2D eigenvalue weighted by Gasteiger charge is -2.54. The smallest absolute Gasteiger partial charge is 0.410 e. The number of rotatable bonds is 6. The fourth-order valence-corrected chi connectivity index (χ4v) is 7.08. The summed E-state index contributed by atoms with van der Waals surface area (Å²) in [6, 6.07) is 13.4. The molecule has 1 amide bonds. The zero-order valence-corrected chi connectivity index (χ0v) is 28.3. The van der Waals surface area contributed by atoms with E-state index in [9.17, 15) is 9.00 Å². The summed E-state index contributed by atoms with van der Waals surface area (Å²) < 4.78 is 39.6. The van der Waals surface area contributed by atoms with E-state index < -0.39 is 15.3 Å². The van der Waals surface area contributed by atoms with Crippen LogP contribution in [-0.2, 0) is 14.5 Å². The van der Waals surface area contributed by atoms with Gasteiger partial charge in [0.1, 0.15) is 11.4 Å². The molecule has 0 radical (unpaired) electrons. The molecule has 3 aromatic heterocycles. The van der Waals surface area contributed by atoms with Crippen molar-refractivity contribution in [3.63, 3.8) is 0 Å². The second-order valence-corrected chi connectivity index (χ2v) is 16.9. The quantitative estimate of drug-likeness (QED) is 0.241. The zero-order valence-electron chi connectivity index (χ0n) is 27.5. The summed E-state index contributed by atoms with van der Waals surface area (Å²) in [4.78, 5) is 30.4. The van der Waals surface area contributed by atoms with Crippen LogP contribution in [-0.4, -0.2) is 79.0 Å². The number of anilines is 3. The van der Waals surface area contributed by atoms with Gasteiger partial charge in [-0.3, -0.25) is 4.57 Å². The van der Waals surface area contributed by atoms with Crippen molar-refractivity contribution in [3.05, 3.63) is 60.2 Å². The molecule has 0 atom stereocenters. The van der Waals surface area contributed by atoms with Crippen LogP contribution in [0.4, 0.5) is 32.3 Å². The van der Waals surface area contributed by atoms with Gasteiger partial charge in [0, 0.05) is 77.3 Å². The molecule has 47 heavy (non-hydrogen) atoms. The van der Waals surface area contributed by atoms with Gasteiger partial charge in [0.15, 0.2) is 17.3 Å². The van der Waals surface area contributed by atoms with Crippen LogP contribution < -0.4 is 10.2 Å². The average molecular weight is 661 g/mol. The lowest BCUT2D eigenvalue weighted by Crippen LogP contribution is -2.62. The number of nitrogens with one attached hydrogen (secondary N) is 1. The van der Waals surface area contributed by atoms with E-state index in [0.29, 0.717) is 34.3 Å². The number of carbonyl (C=O) groups is 1. The number of pyridine rings is 1. The van der Waals surface area contributed by atoms with E-state index in [1.807, 2.05) is 37.8 Å². The molecule has 248 valence electrons. The molecule has 2 aliphatic heterocycles. The van der Waals surface area contributed by atoms with E-state index >= 15 is 4.39 Å². The van der Waals surface area contributed by atoms with Crippen LogP contribution in [0.1, 0.15) is 58.1 Å². The molecule has 0 unspecified atom stereocenters. The minimum atomic E-state index is -2.42. The number of hydrogen-bond acceptors (Lipinski definition) is 9. The zero-order chi connectivity index (χ0) is 33.1. The molecule has 1 N–H and O–H groups in total. The number of carbonyl (C=O) groups excluding carboxylic acids is 1. The van der Waals surface area contributed by atoms with Crippen molar-refractivity contribution in [1.29, 1.82) is 0 Å². The predicted molar refractivity (Wildman–Crippen MR) is 182 cm³/mol. The third kappa shape index (κ3) is 6.63. The van der Waals surface area contributed by atoms with Gasteiger partial charge in [0.25, 0.3) is 0 Å². The first-order chi connectivity index (χ1) is 22.3. The normalized spacial score (nSPS) is 17.9. The summed E-state index contributed by atoms with van der Waals surface area (Å²) in [7, 11) is -2.42. The number of fused-ring (bicyclic) bond motifs is 1. The third-order valence-electron chi connectivity index (χ3n) is 8.93.